The van der Waals surface area contributed by atoms with Crippen LogP contribution < -0.4 is 5.32 Å². The summed E-state index contributed by atoms with van der Waals surface area (Å²) in [6, 6.07) is 4.31. The summed E-state index contributed by atoms with van der Waals surface area (Å²) in [4.78, 5) is 3.72. The summed E-state index contributed by atoms with van der Waals surface area (Å²) in [6.45, 7) is 6.61. The Bertz CT molecular complexity index is 265. The average Bonchev–Trinajstić information content (AvgIpc) is 2.64. The maximum atomic E-state index is 3.51. The molecule has 86 valence electrons. The Hall–Kier alpha value is -0.380. The van der Waals surface area contributed by atoms with Crippen LogP contribution in [0, 0.1) is 0 Å². The minimum absolute atomic E-state index is 0.232. The Kier molecular flexibility index (Phi) is 4.77. The maximum absolute atomic E-state index is 3.51. The molecule has 0 radical (unpaired) electrons. The van der Waals surface area contributed by atoms with Gasteiger partial charge in [0.25, 0.3) is 0 Å². The molecule has 0 aliphatic heterocycles. The Morgan fingerprint density at radius 2 is 2.13 bits per heavy atom. The first-order valence-corrected chi connectivity index (χ1v) is 6.31. The molecule has 0 atom stereocenters. The lowest BCUT2D eigenvalue weighted by atomic mass is 10.0. The molecule has 0 saturated heterocycles. The van der Waals surface area contributed by atoms with Gasteiger partial charge in [0.1, 0.15) is 0 Å². The first-order valence-electron chi connectivity index (χ1n) is 5.43. The standard InChI is InChI=1S/C12H22N2S/c1-12(2,14(3)4)10-13-8-7-11-6-5-9-15-11/h5-6,9,13H,7-8,10H2,1-4H3. The minimum atomic E-state index is 0.232. The van der Waals surface area contributed by atoms with E-state index >= 15 is 0 Å². The fourth-order valence-electron chi connectivity index (χ4n) is 1.22. The SMILES string of the molecule is CN(C)C(C)(C)CNCCc1cccs1. The Labute approximate surface area is 97.3 Å². The third-order valence-electron chi connectivity index (χ3n) is 2.90. The van der Waals surface area contributed by atoms with Gasteiger partial charge in [-0.15, -0.1) is 11.3 Å². The summed E-state index contributed by atoms with van der Waals surface area (Å²) in [6.07, 6.45) is 1.14. The Morgan fingerprint density at radius 1 is 1.40 bits per heavy atom. The molecule has 0 spiro atoms. The van der Waals surface area contributed by atoms with Crippen molar-refractivity contribution in [1.82, 2.24) is 10.2 Å². The summed E-state index contributed by atoms with van der Waals surface area (Å²) in [7, 11) is 4.25. The fourth-order valence-corrected chi connectivity index (χ4v) is 1.93. The molecule has 1 aromatic rings. The van der Waals surface area contributed by atoms with Gasteiger partial charge in [-0.2, -0.15) is 0 Å². The van der Waals surface area contributed by atoms with E-state index in [1.807, 2.05) is 11.3 Å². The molecule has 0 aromatic carbocycles. The van der Waals surface area contributed by atoms with Gasteiger partial charge in [0.2, 0.25) is 0 Å². The molecule has 1 N–H and O–H groups in total. The van der Waals surface area contributed by atoms with Crippen molar-refractivity contribution in [3.05, 3.63) is 22.4 Å². The predicted molar refractivity (Wildman–Crippen MR) is 68.7 cm³/mol. The summed E-state index contributed by atoms with van der Waals surface area (Å²) in [5.74, 6) is 0. The highest BCUT2D eigenvalue weighted by Crippen LogP contribution is 2.09. The van der Waals surface area contributed by atoms with E-state index in [9.17, 15) is 0 Å². The van der Waals surface area contributed by atoms with Crippen LogP contribution in [0.2, 0.25) is 0 Å². The van der Waals surface area contributed by atoms with Crippen molar-refractivity contribution in [1.29, 1.82) is 0 Å². The topological polar surface area (TPSA) is 15.3 Å². The number of rotatable bonds is 6. The molecule has 3 heteroatoms. The fraction of sp³-hybridized carbons (Fsp3) is 0.667. The van der Waals surface area contributed by atoms with Crippen LogP contribution in [0.3, 0.4) is 0 Å². The monoisotopic (exact) mass is 226 g/mol. The van der Waals surface area contributed by atoms with Gasteiger partial charge in [0.15, 0.2) is 0 Å². The van der Waals surface area contributed by atoms with Crippen molar-refractivity contribution in [2.45, 2.75) is 25.8 Å². The van der Waals surface area contributed by atoms with Gasteiger partial charge < -0.3 is 10.2 Å². The Balaban J connectivity index is 2.17. The van der Waals surface area contributed by atoms with E-state index in [4.69, 9.17) is 0 Å². The zero-order valence-corrected chi connectivity index (χ0v) is 11.0. The van der Waals surface area contributed by atoms with Crippen molar-refractivity contribution >= 4 is 11.3 Å². The minimum Gasteiger partial charge on any atom is -0.315 e. The van der Waals surface area contributed by atoms with E-state index in [0.717, 1.165) is 19.5 Å². The average molecular weight is 226 g/mol. The second kappa shape index (κ2) is 5.64. The normalized spacial score (nSPS) is 12.3. The van der Waals surface area contributed by atoms with Crippen molar-refractivity contribution in [2.75, 3.05) is 27.2 Å². The number of nitrogens with one attached hydrogen (secondary N) is 1. The van der Waals surface area contributed by atoms with Crippen LogP contribution >= 0.6 is 11.3 Å². The van der Waals surface area contributed by atoms with Gasteiger partial charge in [-0.1, -0.05) is 6.07 Å². The number of nitrogens with zero attached hydrogens (tertiary/aromatic N) is 1. The van der Waals surface area contributed by atoms with E-state index in [1.165, 1.54) is 4.88 Å². The molecule has 0 unspecified atom stereocenters. The molecule has 0 aliphatic rings. The third-order valence-corrected chi connectivity index (χ3v) is 3.83. The molecular weight excluding hydrogens is 204 g/mol. The highest BCUT2D eigenvalue weighted by molar-refractivity contribution is 7.09. The zero-order valence-electron chi connectivity index (χ0n) is 10.2. The third kappa shape index (κ3) is 4.33. The number of hydrogen-bond donors (Lipinski definition) is 1. The lowest BCUT2D eigenvalue weighted by Crippen LogP contribution is -2.47. The summed E-state index contributed by atoms with van der Waals surface area (Å²) >= 11 is 1.84. The number of thiophene rings is 1. The largest absolute Gasteiger partial charge is 0.315 e. The molecule has 0 bridgehead atoms. The van der Waals surface area contributed by atoms with Gasteiger partial charge in [0, 0.05) is 23.5 Å². The van der Waals surface area contributed by atoms with Crippen molar-refractivity contribution in [3.63, 3.8) is 0 Å². The van der Waals surface area contributed by atoms with Crippen LogP contribution in [-0.2, 0) is 6.42 Å². The first-order chi connectivity index (χ1) is 7.02. The van der Waals surface area contributed by atoms with E-state index in [0.29, 0.717) is 0 Å². The highest BCUT2D eigenvalue weighted by Gasteiger charge is 2.19. The maximum Gasteiger partial charge on any atom is 0.0271 e. The van der Waals surface area contributed by atoms with Crippen molar-refractivity contribution < 1.29 is 0 Å². The van der Waals surface area contributed by atoms with Crippen molar-refractivity contribution in [2.24, 2.45) is 0 Å². The predicted octanol–water partition coefficient (Wildman–Crippen LogP) is 2.22. The molecule has 1 rings (SSSR count). The molecule has 0 saturated carbocycles. The summed E-state index contributed by atoms with van der Waals surface area (Å²) in [5.41, 5.74) is 0.232. The molecule has 1 aromatic heterocycles. The van der Waals surface area contributed by atoms with Crippen molar-refractivity contribution in [3.8, 4) is 0 Å². The highest BCUT2D eigenvalue weighted by atomic mass is 32.1. The quantitative estimate of drug-likeness (QED) is 0.748. The second-order valence-corrected chi connectivity index (χ2v) is 5.75. The molecular formula is C12H22N2S. The number of likely N-dealkylation sites (N-methyl/N-ethyl adjacent to an activating group) is 1. The molecule has 15 heavy (non-hydrogen) atoms. The number of hydrogen-bond acceptors (Lipinski definition) is 3. The lowest BCUT2D eigenvalue weighted by Gasteiger charge is -2.32. The molecule has 0 aliphatic carbocycles. The van der Waals surface area contributed by atoms with Crippen LogP contribution in [0.1, 0.15) is 18.7 Å². The molecule has 1 heterocycles. The summed E-state index contributed by atoms with van der Waals surface area (Å²) in [5, 5.41) is 5.65. The van der Waals surface area contributed by atoms with Gasteiger partial charge in [0.05, 0.1) is 0 Å². The van der Waals surface area contributed by atoms with Gasteiger partial charge >= 0.3 is 0 Å². The molecule has 2 nitrogen and oxygen atoms in total. The van der Waals surface area contributed by atoms with E-state index in [1.54, 1.807) is 0 Å². The van der Waals surface area contributed by atoms with Gasteiger partial charge in [-0.05, 0) is 45.8 Å². The zero-order chi connectivity index (χ0) is 11.3. The molecule has 0 fully saturated rings. The van der Waals surface area contributed by atoms with E-state index in [2.05, 4.69) is 55.7 Å². The van der Waals surface area contributed by atoms with Crippen LogP contribution in [0.5, 0.6) is 0 Å². The Morgan fingerprint density at radius 3 is 2.67 bits per heavy atom. The molecule has 0 amide bonds. The van der Waals surface area contributed by atoms with Crippen LogP contribution in [0.4, 0.5) is 0 Å². The smallest absolute Gasteiger partial charge is 0.0271 e. The summed E-state index contributed by atoms with van der Waals surface area (Å²) < 4.78 is 0. The van der Waals surface area contributed by atoms with Crippen LogP contribution in [0.15, 0.2) is 17.5 Å². The van der Waals surface area contributed by atoms with Gasteiger partial charge in [-0.3, -0.25) is 0 Å². The van der Waals surface area contributed by atoms with E-state index < -0.39 is 0 Å². The van der Waals surface area contributed by atoms with E-state index in [-0.39, 0.29) is 5.54 Å². The first kappa shape index (κ1) is 12.7. The van der Waals surface area contributed by atoms with Crippen LogP contribution in [0.25, 0.3) is 0 Å². The van der Waals surface area contributed by atoms with Crippen LogP contribution in [-0.4, -0.2) is 37.6 Å². The second-order valence-electron chi connectivity index (χ2n) is 4.71. The van der Waals surface area contributed by atoms with Gasteiger partial charge in [-0.25, -0.2) is 0 Å². The lowest BCUT2D eigenvalue weighted by molar-refractivity contribution is 0.190.